The number of nitrogens with zero attached hydrogens (tertiary/aromatic N) is 2. The highest BCUT2D eigenvalue weighted by molar-refractivity contribution is 7.13. The third-order valence-corrected chi connectivity index (χ3v) is 4.32. The number of furan rings is 1. The number of imide groups is 1. The Hall–Kier alpha value is -2.48. The van der Waals surface area contributed by atoms with Crippen molar-refractivity contribution in [2.24, 2.45) is 0 Å². The lowest BCUT2D eigenvalue weighted by Gasteiger charge is -2.13. The highest BCUT2D eigenvalue weighted by Gasteiger charge is 2.28. The summed E-state index contributed by atoms with van der Waals surface area (Å²) in [6.45, 7) is 2.24. The molecule has 0 radical (unpaired) electrons. The van der Waals surface area contributed by atoms with E-state index in [0.29, 0.717) is 10.8 Å². The number of aryl methyl sites for hydroxylation is 1. The summed E-state index contributed by atoms with van der Waals surface area (Å²) in [6.07, 6.45) is 0.510. The molecule has 1 N–H and O–H groups in total. The van der Waals surface area contributed by atoms with Crippen molar-refractivity contribution in [3.05, 3.63) is 29.0 Å². The van der Waals surface area contributed by atoms with Crippen LogP contribution in [0.3, 0.4) is 0 Å². The maximum Gasteiger partial charge on any atom is 0.270 e. The molecule has 1 saturated heterocycles. The van der Waals surface area contributed by atoms with E-state index in [2.05, 4.69) is 10.3 Å². The van der Waals surface area contributed by atoms with Gasteiger partial charge in [-0.15, -0.1) is 11.3 Å². The average Bonchev–Trinajstić information content (AvgIpc) is 3.22. The molecule has 23 heavy (non-hydrogen) atoms. The highest BCUT2D eigenvalue weighted by atomic mass is 32.1. The number of amides is 3. The van der Waals surface area contributed by atoms with E-state index >= 15 is 0 Å². The van der Waals surface area contributed by atoms with Crippen molar-refractivity contribution >= 4 is 29.1 Å². The molecule has 3 heterocycles. The highest BCUT2D eigenvalue weighted by Crippen LogP contribution is 2.25. The third-order valence-electron chi connectivity index (χ3n) is 3.46. The lowest BCUT2D eigenvalue weighted by molar-refractivity contribution is -0.138. The smallest absolute Gasteiger partial charge is 0.270 e. The molecule has 7 nitrogen and oxygen atoms in total. The Morgan fingerprint density at radius 3 is 2.74 bits per heavy atom. The predicted molar refractivity (Wildman–Crippen MR) is 82.8 cm³/mol. The largest absolute Gasteiger partial charge is 0.459 e. The molecular formula is C15H15N3O4S. The number of rotatable bonds is 5. The molecule has 3 amide bonds. The second-order valence-electron chi connectivity index (χ2n) is 5.14. The lowest BCUT2D eigenvalue weighted by atomic mass is 10.4. The minimum atomic E-state index is -0.338. The van der Waals surface area contributed by atoms with Gasteiger partial charge in [0.05, 0.1) is 0 Å². The fraction of sp³-hybridized carbons (Fsp3) is 0.333. The van der Waals surface area contributed by atoms with Gasteiger partial charge < -0.3 is 9.73 Å². The Bertz CT molecular complexity index is 748. The number of thiazole rings is 1. The van der Waals surface area contributed by atoms with Crippen molar-refractivity contribution in [3.8, 4) is 10.8 Å². The summed E-state index contributed by atoms with van der Waals surface area (Å²) >= 11 is 1.32. The minimum absolute atomic E-state index is 0.187. The van der Waals surface area contributed by atoms with E-state index < -0.39 is 0 Å². The normalized spacial score (nSPS) is 14.6. The van der Waals surface area contributed by atoms with E-state index in [4.69, 9.17) is 4.42 Å². The molecule has 1 aliphatic rings. The lowest BCUT2D eigenvalue weighted by Crippen LogP contribution is -2.37. The molecule has 8 heteroatoms. The number of hydrogen-bond acceptors (Lipinski definition) is 6. The molecule has 2 aromatic rings. The Morgan fingerprint density at radius 1 is 1.35 bits per heavy atom. The van der Waals surface area contributed by atoms with E-state index in [1.165, 1.54) is 16.2 Å². The van der Waals surface area contributed by atoms with Crippen LogP contribution in [-0.2, 0) is 9.59 Å². The first-order valence-electron chi connectivity index (χ1n) is 7.18. The van der Waals surface area contributed by atoms with Crippen molar-refractivity contribution in [3.63, 3.8) is 0 Å². The van der Waals surface area contributed by atoms with Gasteiger partial charge in [-0.25, -0.2) is 4.98 Å². The Morgan fingerprint density at radius 2 is 2.09 bits per heavy atom. The van der Waals surface area contributed by atoms with Crippen molar-refractivity contribution in [2.45, 2.75) is 19.8 Å². The minimum Gasteiger partial charge on any atom is -0.459 e. The molecule has 0 atom stereocenters. The van der Waals surface area contributed by atoms with Crippen molar-refractivity contribution < 1.29 is 18.8 Å². The molecule has 0 aromatic carbocycles. The summed E-state index contributed by atoms with van der Waals surface area (Å²) in [4.78, 5) is 40.4. The Kier molecular flexibility index (Phi) is 4.24. The van der Waals surface area contributed by atoms with E-state index in [1.807, 2.05) is 13.0 Å². The number of hydrogen-bond donors (Lipinski definition) is 1. The van der Waals surface area contributed by atoms with Crippen LogP contribution in [0.5, 0.6) is 0 Å². The molecule has 0 spiro atoms. The quantitative estimate of drug-likeness (QED) is 0.839. The van der Waals surface area contributed by atoms with Crippen molar-refractivity contribution in [1.29, 1.82) is 0 Å². The molecule has 1 fully saturated rings. The van der Waals surface area contributed by atoms with E-state index in [9.17, 15) is 14.4 Å². The Balaban J connectivity index is 1.56. The second kappa shape index (κ2) is 6.33. The van der Waals surface area contributed by atoms with Crippen LogP contribution in [0.1, 0.15) is 29.1 Å². The zero-order valence-corrected chi connectivity index (χ0v) is 13.3. The van der Waals surface area contributed by atoms with Gasteiger partial charge in [0, 0.05) is 31.3 Å². The summed E-state index contributed by atoms with van der Waals surface area (Å²) in [7, 11) is 0. The molecule has 120 valence electrons. The molecule has 0 aliphatic carbocycles. The first-order valence-corrected chi connectivity index (χ1v) is 8.06. The van der Waals surface area contributed by atoms with Crippen LogP contribution in [-0.4, -0.2) is 40.7 Å². The topological polar surface area (TPSA) is 92.5 Å². The molecule has 3 rings (SSSR count). The number of carbonyl (C=O) groups is 3. The Labute approximate surface area is 136 Å². The molecule has 0 saturated carbocycles. The third kappa shape index (κ3) is 3.31. The van der Waals surface area contributed by atoms with Gasteiger partial charge in [0.25, 0.3) is 5.91 Å². The average molecular weight is 333 g/mol. The first kappa shape index (κ1) is 15.4. The molecular weight excluding hydrogens is 318 g/mol. The molecule has 0 bridgehead atoms. The summed E-state index contributed by atoms with van der Waals surface area (Å²) in [5.41, 5.74) is 0.290. The maximum atomic E-state index is 12.0. The molecule has 0 unspecified atom stereocenters. The van der Waals surface area contributed by atoms with Gasteiger partial charge in [-0.2, -0.15) is 0 Å². The number of likely N-dealkylation sites (tertiary alicyclic amines) is 1. The number of nitrogens with one attached hydrogen (secondary N) is 1. The summed E-state index contributed by atoms with van der Waals surface area (Å²) in [5.74, 6) is 0.692. The van der Waals surface area contributed by atoms with E-state index in [1.54, 1.807) is 11.4 Å². The van der Waals surface area contributed by atoms with Crippen molar-refractivity contribution in [2.75, 3.05) is 13.1 Å². The fourth-order valence-electron chi connectivity index (χ4n) is 2.28. The zero-order chi connectivity index (χ0) is 16.4. The predicted octanol–water partition coefficient (Wildman–Crippen LogP) is 1.59. The fourth-order valence-corrected chi connectivity index (χ4v) is 3.04. The van der Waals surface area contributed by atoms with Crippen LogP contribution in [0.15, 0.2) is 21.9 Å². The summed E-state index contributed by atoms with van der Waals surface area (Å²) in [5, 5.41) is 4.95. The van der Waals surface area contributed by atoms with Gasteiger partial charge >= 0.3 is 0 Å². The zero-order valence-electron chi connectivity index (χ0n) is 12.5. The maximum absolute atomic E-state index is 12.0. The SMILES string of the molecule is Cc1ccc(-c2nc(C(=O)NCCN3C(=O)CCC3=O)cs2)o1. The summed E-state index contributed by atoms with van der Waals surface area (Å²) in [6, 6.07) is 3.64. The van der Waals surface area contributed by atoms with Gasteiger partial charge in [0.15, 0.2) is 10.8 Å². The van der Waals surface area contributed by atoms with Crippen LogP contribution in [0, 0.1) is 6.92 Å². The molecule has 1 aliphatic heterocycles. The van der Waals surface area contributed by atoms with E-state index in [-0.39, 0.29) is 49.3 Å². The monoisotopic (exact) mass is 333 g/mol. The van der Waals surface area contributed by atoms with Gasteiger partial charge in [-0.3, -0.25) is 19.3 Å². The van der Waals surface area contributed by atoms with Gasteiger partial charge in [-0.05, 0) is 19.1 Å². The summed E-state index contributed by atoms with van der Waals surface area (Å²) < 4.78 is 5.47. The standard InChI is InChI=1S/C15H15N3O4S/c1-9-2-3-11(22-9)15-17-10(8-23-15)14(21)16-6-7-18-12(19)4-5-13(18)20/h2-3,8H,4-7H2,1H3,(H,16,21). The van der Waals surface area contributed by atoms with Crippen molar-refractivity contribution in [1.82, 2.24) is 15.2 Å². The van der Waals surface area contributed by atoms with Crippen LogP contribution >= 0.6 is 11.3 Å². The number of aromatic nitrogens is 1. The van der Waals surface area contributed by atoms with Gasteiger partial charge in [0.1, 0.15) is 11.5 Å². The van der Waals surface area contributed by atoms with Crippen LogP contribution < -0.4 is 5.32 Å². The van der Waals surface area contributed by atoms with E-state index in [0.717, 1.165) is 5.76 Å². The van der Waals surface area contributed by atoms with Crippen LogP contribution in [0.4, 0.5) is 0 Å². The first-order chi connectivity index (χ1) is 11.0. The van der Waals surface area contributed by atoms with Crippen LogP contribution in [0.2, 0.25) is 0 Å². The van der Waals surface area contributed by atoms with Gasteiger partial charge in [0.2, 0.25) is 11.8 Å². The molecule has 2 aromatic heterocycles. The second-order valence-corrected chi connectivity index (χ2v) is 6.00. The van der Waals surface area contributed by atoms with Crippen LogP contribution in [0.25, 0.3) is 10.8 Å². The number of carbonyl (C=O) groups excluding carboxylic acids is 3. The van der Waals surface area contributed by atoms with Gasteiger partial charge in [-0.1, -0.05) is 0 Å².